The molecule has 0 spiro atoms. The van der Waals surface area contributed by atoms with Crippen molar-refractivity contribution in [1.29, 1.82) is 0 Å². The van der Waals surface area contributed by atoms with Crippen LogP contribution in [-0.4, -0.2) is 12.0 Å². The van der Waals surface area contributed by atoms with Crippen LogP contribution in [0, 0.1) is 0 Å². The highest BCUT2D eigenvalue weighted by molar-refractivity contribution is 5.93. The summed E-state index contributed by atoms with van der Waals surface area (Å²) in [5.41, 5.74) is 3.64. The second-order valence-electron chi connectivity index (χ2n) is 4.40. The first-order chi connectivity index (χ1) is 8.38. The number of rotatable bonds is 2. The maximum atomic E-state index is 5.49. The Morgan fingerprint density at radius 3 is 2.47 bits per heavy atom. The quantitative estimate of drug-likeness (QED) is 0.317. The van der Waals surface area contributed by atoms with E-state index in [0.29, 0.717) is 12.0 Å². The van der Waals surface area contributed by atoms with E-state index in [-0.39, 0.29) is 0 Å². The molecule has 0 saturated heterocycles. The topological polar surface area (TPSA) is 62.4 Å². The van der Waals surface area contributed by atoms with Gasteiger partial charge < -0.3 is 5.32 Å². The molecule has 1 aromatic carbocycles. The van der Waals surface area contributed by atoms with Gasteiger partial charge in [0.1, 0.15) is 0 Å². The monoisotopic (exact) mass is 232 g/mol. The molecule has 1 fully saturated rings. The zero-order valence-electron chi connectivity index (χ0n) is 10.0. The lowest BCUT2D eigenvalue weighted by atomic mass is 9.96. The van der Waals surface area contributed by atoms with E-state index in [4.69, 9.17) is 5.84 Å². The molecule has 0 bridgehead atoms. The van der Waals surface area contributed by atoms with Crippen LogP contribution in [0.25, 0.3) is 0 Å². The Morgan fingerprint density at radius 1 is 1.12 bits per heavy atom. The third-order valence-corrected chi connectivity index (χ3v) is 3.06. The summed E-state index contributed by atoms with van der Waals surface area (Å²) in [5, 5.41) is 3.19. The van der Waals surface area contributed by atoms with Crippen LogP contribution in [0.2, 0.25) is 0 Å². The van der Waals surface area contributed by atoms with E-state index in [1.807, 2.05) is 30.3 Å². The zero-order chi connectivity index (χ0) is 11.9. The molecule has 2 rings (SSSR count). The van der Waals surface area contributed by atoms with Crippen molar-refractivity contribution >= 4 is 11.6 Å². The molecule has 0 radical (unpaired) electrons. The van der Waals surface area contributed by atoms with Gasteiger partial charge in [0.05, 0.1) is 6.04 Å². The molecular formula is C13H20N4. The standard InChI is InChI=1S/C13H20N4/c14-17-13(15-11-7-3-1-4-8-11)16-12-9-5-2-6-10-12/h1,3-4,7-8,12H,2,5-6,9-10,14H2,(H2,15,16,17). The van der Waals surface area contributed by atoms with Crippen molar-refractivity contribution in [1.82, 2.24) is 5.43 Å². The molecule has 0 aliphatic heterocycles. The molecule has 4 N–H and O–H groups in total. The fourth-order valence-electron chi connectivity index (χ4n) is 2.16. The molecule has 1 aliphatic rings. The highest BCUT2D eigenvalue weighted by Crippen LogP contribution is 2.20. The van der Waals surface area contributed by atoms with E-state index in [2.05, 4.69) is 15.7 Å². The van der Waals surface area contributed by atoms with Crippen molar-refractivity contribution < 1.29 is 0 Å². The third kappa shape index (κ3) is 3.75. The van der Waals surface area contributed by atoms with Gasteiger partial charge in [0.2, 0.25) is 5.96 Å². The van der Waals surface area contributed by atoms with Crippen LogP contribution in [0.5, 0.6) is 0 Å². The minimum atomic E-state index is 0.408. The SMILES string of the molecule is NNC(=NC1CCCCC1)Nc1ccccc1. The molecule has 0 atom stereocenters. The van der Waals surface area contributed by atoms with E-state index in [1.165, 1.54) is 32.1 Å². The van der Waals surface area contributed by atoms with Gasteiger partial charge >= 0.3 is 0 Å². The maximum absolute atomic E-state index is 5.49. The molecule has 92 valence electrons. The summed E-state index contributed by atoms with van der Waals surface area (Å²) in [7, 11) is 0. The van der Waals surface area contributed by atoms with Crippen LogP contribution < -0.4 is 16.6 Å². The molecule has 1 saturated carbocycles. The molecule has 0 heterocycles. The molecule has 0 unspecified atom stereocenters. The summed E-state index contributed by atoms with van der Waals surface area (Å²) in [6, 6.07) is 10.3. The molecule has 4 heteroatoms. The predicted octanol–water partition coefficient (Wildman–Crippen LogP) is 2.25. The summed E-state index contributed by atoms with van der Waals surface area (Å²) in [6.07, 6.45) is 6.22. The lowest BCUT2D eigenvalue weighted by Crippen LogP contribution is -2.37. The number of hydrazine groups is 1. The number of anilines is 1. The van der Waals surface area contributed by atoms with Crippen LogP contribution in [0.3, 0.4) is 0 Å². The molecule has 1 aliphatic carbocycles. The lowest BCUT2D eigenvalue weighted by Gasteiger charge is -2.19. The van der Waals surface area contributed by atoms with Gasteiger partial charge in [-0.05, 0) is 25.0 Å². The number of aliphatic imine (C=N–C) groups is 1. The van der Waals surface area contributed by atoms with Crippen molar-refractivity contribution in [2.24, 2.45) is 10.8 Å². The van der Waals surface area contributed by atoms with Crippen molar-refractivity contribution in [2.45, 2.75) is 38.1 Å². The second-order valence-corrected chi connectivity index (χ2v) is 4.40. The van der Waals surface area contributed by atoms with Crippen LogP contribution in [0.15, 0.2) is 35.3 Å². The zero-order valence-corrected chi connectivity index (χ0v) is 10.0. The summed E-state index contributed by atoms with van der Waals surface area (Å²) in [5.74, 6) is 6.15. The van der Waals surface area contributed by atoms with Gasteiger partial charge in [-0.3, -0.25) is 5.43 Å². The van der Waals surface area contributed by atoms with Gasteiger partial charge in [-0.25, -0.2) is 10.8 Å². The van der Waals surface area contributed by atoms with Crippen molar-refractivity contribution in [2.75, 3.05) is 5.32 Å². The average molecular weight is 232 g/mol. The lowest BCUT2D eigenvalue weighted by molar-refractivity contribution is 0.442. The van der Waals surface area contributed by atoms with E-state index < -0.39 is 0 Å². The van der Waals surface area contributed by atoms with Gasteiger partial charge in [-0.2, -0.15) is 0 Å². The molecule has 17 heavy (non-hydrogen) atoms. The summed E-state index contributed by atoms with van der Waals surface area (Å²) in [4.78, 5) is 4.62. The number of guanidine groups is 1. The van der Waals surface area contributed by atoms with E-state index >= 15 is 0 Å². The van der Waals surface area contributed by atoms with E-state index in [0.717, 1.165) is 5.69 Å². The van der Waals surface area contributed by atoms with Crippen LogP contribution >= 0.6 is 0 Å². The van der Waals surface area contributed by atoms with Gasteiger partial charge in [0, 0.05) is 5.69 Å². The largest absolute Gasteiger partial charge is 0.325 e. The van der Waals surface area contributed by atoms with Gasteiger partial charge in [-0.1, -0.05) is 37.5 Å². The first-order valence-corrected chi connectivity index (χ1v) is 6.25. The van der Waals surface area contributed by atoms with Crippen LogP contribution in [0.1, 0.15) is 32.1 Å². The molecule has 0 amide bonds. The Bertz CT molecular complexity index is 355. The fourth-order valence-corrected chi connectivity index (χ4v) is 2.16. The van der Waals surface area contributed by atoms with Crippen LogP contribution in [0.4, 0.5) is 5.69 Å². The molecule has 0 aromatic heterocycles. The minimum Gasteiger partial charge on any atom is -0.325 e. The number of para-hydroxylation sites is 1. The summed E-state index contributed by atoms with van der Waals surface area (Å²) >= 11 is 0. The first kappa shape index (κ1) is 11.9. The Labute approximate surface area is 102 Å². The van der Waals surface area contributed by atoms with E-state index in [9.17, 15) is 0 Å². The normalized spacial score (nSPS) is 17.8. The fraction of sp³-hybridized carbons (Fsp3) is 0.462. The highest BCUT2D eigenvalue weighted by Gasteiger charge is 2.12. The maximum Gasteiger partial charge on any atom is 0.210 e. The van der Waals surface area contributed by atoms with Gasteiger partial charge in [-0.15, -0.1) is 0 Å². The predicted molar refractivity (Wildman–Crippen MR) is 71.7 cm³/mol. The number of hydrogen-bond donors (Lipinski definition) is 3. The summed E-state index contributed by atoms with van der Waals surface area (Å²) < 4.78 is 0. The first-order valence-electron chi connectivity index (χ1n) is 6.25. The Hall–Kier alpha value is -1.55. The number of benzene rings is 1. The number of nitrogens with two attached hydrogens (primary N) is 1. The second kappa shape index (κ2) is 6.25. The number of nitrogens with zero attached hydrogens (tertiary/aromatic N) is 1. The summed E-state index contributed by atoms with van der Waals surface area (Å²) in [6.45, 7) is 0. The van der Waals surface area contributed by atoms with Gasteiger partial charge in [0.25, 0.3) is 0 Å². The van der Waals surface area contributed by atoms with Gasteiger partial charge in [0.15, 0.2) is 0 Å². The van der Waals surface area contributed by atoms with Crippen molar-refractivity contribution in [3.63, 3.8) is 0 Å². The van der Waals surface area contributed by atoms with Crippen LogP contribution in [-0.2, 0) is 0 Å². The average Bonchev–Trinajstić information content (AvgIpc) is 2.40. The number of hydrogen-bond acceptors (Lipinski definition) is 2. The molecule has 1 aromatic rings. The molecule has 4 nitrogen and oxygen atoms in total. The molecular weight excluding hydrogens is 212 g/mol. The Morgan fingerprint density at radius 2 is 1.82 bits per heavy atom. The minimum absolute atomic E-state index is 0.408. The van der Waals surface area contributed by atoms with E-state index in [1.54, 1.807) is 0 Å². The van der Waals surface area contributed by atoms with Crippen molar-refractivity contribution in [3.05, 3.63) is 30.3 Å². The van der Waals surface area contributed by atoms with Crippen molar-refractivity contribution in [3.8, 4) is 0 Å². The third-order valence-electron chi connectivity index (χ3n) is 3.06. The Kier molecular flexibility index (Phi) is 4.38. The smallest absolute Gasteiger partial charge is 0.210 e. The number of nitrogens with one attached hydrogen (secondary N) is 2. The highest BCUT2D eigenvalue weighted by atomic mass is 15.3. The Balaban J connectivity index is 1.98.